The molecular weight excluding hydrogens is 204 g/mol. The highest BCUT2D eigenvalue weighted by Crippen LogP contribution is 2.44. The highest BCUT2D eigenvalue weighted by Gasteiger charge is 2.46. The lowest BCUT2D eigenvalue weighted by Crippen LogP contribution is -2.47. The fourth-order valence-electron chi connectivity index (χ4n) is 3.43. The Morgan fingerprint density at radius 1 is 1.19 bits per heavy atom. The third-order valence-corrected chi connectivity index (χ3v) is 4.32. The van der Waals surface area contributed by atoms with Crippen LogP contribution >= 0.6 is 0 Å². The Bertz CT molecular complexity index is 307. The number of fused-ring (bicyclic) bond motifs is 1. The van der Waals surface area contributed by atoms with Crippen LogP contribution in [0.2, 0.25) is 0 Å². The second kappa shape index (κ2) is 3.90. The van der Waals surface area contributed by atoms with E-state index in [4.69, 9.17) is 14.7 Å². The molecule has 0 bridgehead atoms. The average molecular weight is 222 g/mol. The van der Waals surface area contributed by atoms with E-state index >= 15 is 0 Å². The second-order valence-electron chi connectivity index (χ2n) is 5.21. The molecule has 88 valence electrons. The molecule has 0 aromatic heterocycles. The number of hydrogen-bond donors (Lipinski definition) is 0. The van der Waals surface area contributed by atoms with Crippen LogP contribution in [0.25, 0.3) is 0 Å². The molecule has 4 nitrogen and oxygen atoms in total. The summed E-state index contributed by atoms with van der Waals surface area (Å²) < 4.78 is 11.6. The van der Waals surface area contributed by atoms with Crippen molar-refractivity contribution in [3.63, 3.8) is 0 Å². The maximum Gasteiger partial charge on any atom is 0.179 e. The molecule has 4 heteroatoms. The molecule has 16 heavy (non-hydrogen) atoms. The van der Waals surface area contributed by atoms with E-state index < -0.39 is 0 Å². The van der Waals surface area contributed by atoms with Crippen LogP contribution in [0.3, 0.4) is 0 Å². The Morgan fingerprint density at radius 2 is 2.00 bits per heavy atom. The van der Waals surface area contributed by atoms with Crippen molar-refractivity contribution in [3.05, 3.63) is 0 Å². The highest BCUT2D eigenvalue weighted by molar-refractivity contribution is 4.94. The zero-order chi connectivity index (χ0) is 11.0. The third kappa shape index (κ3) is 1.68. The van der Waals surface area contributed by atoms with Crippen LogP contribution in [0.15, 0.2) is 0 Å². The minimum absolute atomic E-state index is 0.254. The van der Waals surface area contributed by atoms with Crippen LogP contribution in [-0.2, 0) is 9.47 Å². The molecule has 0 aromatic carbocycles. The molecule has 0 amide bonds. The van der Waals surface area contributed by atoms with Gasteiger partial charge in [0.2, 0.25) is 0 Å². The first-order chi connectivity index (χ1) is 7.81. The summed E-state index contributed by atoms with van der Waals surface area (Å²) in [5.74, 6) is 1.11. The number of rotatable bonds is 0. The van der Waals surface area contributed by atoms with Crippen LogP contribution in [0.4, 0.5) is 0 Å². The van der Waals surface area contributed by atoms with E-state index in [1.165, 1.54) is 0 Å². The van der Waals surface area contributed by atoms with Crippen molar-refractivity contribution < 1.29 is 9.47 Å². The fourth-order valence-corrected chi connectivity index (χ4v) is 3.43. The topological polar surface area (TPSA) is 45.5 Å². The van der Waals surface area contributed by atoms with Crippen molar-refractivity contribution in [2.45, 2.75) is 31.5 Å². The van der Waals surface area contributed by atoms with Crippen molar-refractivity contribution >= 4 is 0 Å². The van der Waals surface area contributed by atoms with E-state index in [0.717, 1.165) is 52.0 Å². The summed E-state index contributed by atoms with van der Waals surface area (Å²) in [6.07, 6.45) is 6.57. The Morgan fingerprint density at radius 3 is 2.75 bits per heavy atom. The lowest BCUT2D eigenvalue weighted by Gasteiger charge is -2.45. The molecule has 3 rings (SSSR count). The molecule has 1 spiro atoms. The molecule has 2 heterocycles. The first-order valence-corrected chi connectivity index (χ1v) is 6.24. The monoisotopic (exact) mass is 222 g/mol. The molecule has 1 aliphatic carbocycles. The van der Waals surface area contributed by atoms with Gasteiger partial charge in [0.15, 0.2) is 12.0 Å². The Labute approximate surface area is 96.1 Å². The average Bonchev–Trinajstić information content (AvgIpc) is 2.77. The van der Waals surface area contributed by atoms with Gasteiger partial charge in [0.1, 0.15) is 0 Å². The van der Waals surface area contributed by atoms with Gasteiger partial charge in [-0.3, -0.25) is 0 Å². The second-order valence-corrected chi connectivity index (χ2v) is 5.21. The summed E-state index contributed by atoms with van der Waals surface area (Å²) in [6.45, 7) is 3.36. The van der Waals surface area contributed by atoms with Crippen molar-refractivity contribution in [2.75, 3.05) is 26.3 Å². The zero-order valence-corrected chi connectivity index (χ0v) is 9.52. The first-order valence-electron chi connectivity index (χ1n) is 6.24. The molecule has 0 unspecified atom stereocenters. The fraction of sp³-hybridized carbons (Fsp3) is 0.917. The van der Waals surface area contributed by atoms with E-state index in [9.17, 15) is 0 Å². The van der Waals surface area contributed by atoms with Gasteiger partial charge in [0.25, 0.3) is 0 Å². The van der Waals surface area contributed by atoms with E-state index in [0.29, 0.717) is 11.8 Å². The van der Waals surface area contributed by atoms with Crippen LogP contribution in [0, 0.1) is 23.3 Å². The van der Waals surface area contributed by atoms with Crippen molar-refractivity contribution in [3.8, 4) is 6.19 Å². The molecular formula is C12H18N2O2. The molecule has 2 atom stereocenters. The summed E-state index contributed by atoms with van der Waals surface area (Å²) in [5, 5.41) is 8.91. The summed E-state index contributed by atoms with van der Waals surface area (Å²) in [6, 6.07) is 0. The van der Waals surface area contributed by atoms with Crippen molar-refractivity contribution in [1.82, 2.24) is 4.90 Å². The summed E-state index contributed by atoms with van der Waals surface area (Å²) in [7, 11) is 0. The van der Waals surface area contributed by atoms with Gasteiger partial charge < -0.3 is 14.4 Å². The zero-order valence-electron chi connectivity index (χ0n) is 9.52. The van der Waals surface area contributed by atoms with Crippen LogP contribution < -0.4 is 0 Å². The van der Waals surface area contributed by atoms with E-state index in [1.807, 2.05) is 4.90 Å². The van der Waals surface area contributed by atoms with Gasteiger partial charge in [-0.2, -0.15) is 5.26 Å². The smallest absolute Gasteiger partial charge is 0.179 e. The standard InChI is InChI=1S/C12H18N2O2/c13-9-14-4-2-10-7-12(15-5-6-16-12)3-1-11(10)8-14/h10-11H,1-8H2/t10-,11-/m0/s1. The maximum atomic E-state index is 8.91. The molecule has 2 saturated heterocycles. The lowest BCUT2D eigenvalue weighted by molar-refractivity contribution is -0.199. The summed E-state index contributed by atoms with van der Waals surface area (Å²) in [5.41, 5.74) is 0. The van der Waals surface area contributed by atoms with Gasteiger partial charge >= 0.3 is 0 Å². The Balaban J connectivity index is 1.66. The summed E-state index contributed by atoms with van der Waals surface area (Å²) in [4.78, 5) is 1.90. The minimum Gasteiger partial charge on any atom is -0.348 e. The van der Waals surface area contributed by atoms with Gasteiger partial charge in [-0.15, -0.1) is 0 Å². The molecule has 3 fully saturated rings. The van der Waals surface area contributed by atoms with Crippen LogP contribution in [0.5, 0.6) is 0 Å². The quantitative estimate of drug-likeness (QED) is 0.580. The van der Waals surface area contributed by atoms with Crippen molar-refractivity contribution in [2.24, 2.45) is 11.8 Å². The van der Waals surface area contributed by atoms with Crippen LogP contribution in [-0.4, -0.2) is 37.0 Å². The number of ether oxygens (including phenoxy) is 2. The Hall–Kier alpha value is -0.790. The molecule has 0 radical (unpaired) electrons. The molecule has 0 N–H and O–H groups in total. The van der Waals surface area contributed by atoms with Gasteiger partial charge in [-0.25, -0.2) is 0 Å². The normalized spacial score (nSPS) is 37.1. The number of piperidine rings is 1. The first kappa shape index (κ1) is 10.4. The summed E-state index contributed by atoms with van der Waals surface area (Å²) >= 11 is 0. The number of nitrogens with zero attached hydrogens (tertiary/aromatic N) is 2. The minimum atomic E-state index is -0.254. The van der Waals surface area contributed by atoms with Gasteiger partial charge in [-0.05, 0) is 24.7 Å². The molecule has 0 aromatic rings. The lowest BCUT2D eigenvalue weighted by atomic mass is 9.72. The van der Waals surface area contributed by atoms with E-state index in [1.54, 1.807) is 0 Å². The van der Waals surface area contributed by atoms with Gasteiger partial charge in [-0.1, -0.05) is 0 Å². The number of nitriles is 1. The number of hydrogen-bond acceptors (Lipinski definition) is 4. The van der Waals surface area contributed by atoms with Crippen molar-refractivity contribution in [1.29, 1.82) is 5.26 Å². The van der Waals surface area contributed by atoms with Gasteiger partial charge in [0, 0.05) is 25.9 Å². The van der Waals surface area contributed by atoms with Gasteiger partial charge in [0.05, 0.1) is 13.2 Å². The largest absolute Gasteiger partial charge is 0.348 e. The maximum absolute atomic E-state index is 8.91. The number of likely N-dealkylation sites (tertiary alicyclic amines) is 1. The SMILES string of the molecule is N#CN1CC[C@H]2CC3(CC[C@H]2C1)OCCO3. The molecule has 2 aliphatic heterocycles. The third-order valence-electron chi connectivity index (χ3n) is 4.32. The molecule has 3 aliphatic rings. The van der Waals surface area contributed by atoms with Crippen LogP contribution in [0.1, 0.15) is 25.7 Å². The predicted octanol–water partition coefficient (Wildman–Crippen LogP) is 1.33. The highest BCUT2D eigenvalue weighted by atomic mass is 16.7. The molecule has 1 saturated carbocycles. The van der Waals surface area contributed by atoms with E-state index in [2.05, 4.69) is 6.19 Å². The predicted molar refractivity (Wildman–Crippen MR) is 57.3 cm³/mol. The Kier molecular flexibility index (Phi) is 2.53. The van der Waals surface area contributed by atoms with E-state index in [-0.39, 0.29) is 5.79 Å².